The molecule has 1 saturated heterocycles. The van der Waals surface area contributed by atoms with E-state index in [1.807, 2.05) is 5.30 Å². The predicted octanol–water partition coefficient (Wildman–Crippen LogP) is 11.7. The number of benzene rings is 1. The Hall–Kier alpha value is -0.196. The molecule has 8 bridgehead atoms. The van der Waals surface area contributed by atoms with Crippen LogP contribution in [0.25, 0.3) is 0 Å². The van der Waals surface area contributed by atoms with E-state index in [1.54, 1.807) is 82.7 Å². The van der Waals surface area contributed by atoms with Gasteiger partial charge in [0.25, 0.3) is 0 Å². The Labute approximate surface area is 304 Å². The van der Waals surface area contributed by atoms with Crippen LogP contribution in [0.3, 0.4) is 0 Å². The minimum absolute atomic E-state index is 0.203. The van der Waals surface area contributed by atoms with Gasteiger partial charge in [-0.2, -0.15) is 0 Å². The molecule has 2 atom stereocenters. The maximum absolute atomic E-state index is 7.36. The van der Waals surface area contributed by atoms with Crippen molar-refractivity contribution in [3.63, 3.8) is 0 Å². The Morgan fingerprint density at radius 1 is 0.571 bits per heavy atom. The van der Waals surface area contributed by atoms with Gasteiger partial charge in [-0.1, -0.05) is 67.7 Å². The van der Waals surface area contributed by atoms with Crippen molar-refractivity contribution in [2.24, 2.45) is 35.5 Å². The number of para-hydroxylation sites is 1. The molecule has 1 aliphatic heterocycles. The highest BCUT2D eigenvalue weighted by Gasteiger charge is 2.63. The van der Waals surface area contributed by atoms with E-state index in [4.69, 9.17) is 8.85 Å². The zero-order chi connectivity index (χ0) is 34.8. The lowest BCUT2D eigenvalue weighted by Crippen LogP contribution is -2.59. The molecule has 10 rings (SSSR count). The number of rotatable bonds is 8. The number of anilines is 1. The summed E-state index contributed by atoms with van der Waals surface area (Å²) in [6, 6.07) is 10.1. The Kier molecular flexibility index (Phi) is 8.89. The number of piperidine rings is 1. The predicted molar refractivity (Wildman–Crippen MR) is 216 cm³/mol. The summed E-state index contributed by atoms with van der Waals surface area (Å²) in [4.78, 5) is 2.84. The summed E-state index contributed by atoms with van der Waals surface area (Å²) in [5.41, 5.74) is 1.59. The first kappa shape index (κ1) is 35.8. The Bertz CT molecular complexity index is 1240. The molecule has 0 spiro atoms. The third kappa shape index (κ3) is 6.44. The summed E-state index contributed by atoms with van der Waals surface area (Å²) in [6.45, 7) is 26.3. The SMILES string of the molecule is CC(C)(C)[Si](C)(C)O[C@@H]1C[C@@H](O[Si](C)(C)C(C)(C)C)CN(c2ccccc2P(C23CC4CC(CC(C4)C2)C3)C23CC4CC(CC(C4)C2)C3)C1. The van der Waals surface area contributed by atoms with Crippen LogP contribution in [0.5, 0.6) is 0 Å². The largest absolute Gasteiger partial charge is 0.412 e. The van der Waals surface area contributed by atoms with E-state index < -0.39 is 16.6 Å². The number of hydrogen-bond donors (Lipinski definition) is 0. The van der Waals surface area contributed by atoms with E-state index in [0.29, 0.717) is 10.3 Å². The molecule has 0 aromatic heterocycles. The van der Waals surface area contributed by atoms with Crippen molar-refractivity contribution in [3.8, 4) is 0 Å². The van der Waals surface area contributed by atoms with Crippen molar-refractivity contribution >= 4 is 35.5 Å². The van der Waals surface area contributed by atoms with Crippen LogP contribution in [0, 0.1) is 35.5 Å². The van der Waals surface area contributed by atoms with Crippen LogP contribution in [-0.2, 0) is 8.85 Å². The molecule has 0 amide bonds. The fourth-order valence-corrected chi connectivity index (χ4v) is 21.2. The molecular weight excluding hydrogens is 650 g/mol. The van der Waals surface area contributed by atoms with Crippen LogP contribution in [-0.4, -0.2) is 52.2 Å². The summed E-state index contributed by atoms with van der Waals surface area (Å²) < 4.78 is 14.7. The highest BCUT2D eigenvalue weighted by atomic mass is 31.1. The molecule has 3 nitrogen and oxygen atoms in total. The van der Waals surface area contributed by atoms with Crippen LogP contribution in [0.1, 0.15) is 125 Å². The fraction of sp³-hybridized carbons (Fsp3) is 0.860. The van der Waals surface area contributed by atoms with Crippen molar-refractivity contribution in [1.82, 2.24) is 0 Å². The van der Waals surface area contributed by atoms with Crippen LogP contribution in [0.4, 0.5) is 5.69 Å². The molecule has 0 radical (unpaired) electrons. The molecule has 274 valence electrons. The van der Waals surface area contributed by atoms with Gasteiger partial charge in [0.05, 0.1) is 12.2 Å². The molecule has 49 heavy (non-hydrogen) atoms. The van der Waals surface area contributed by atoms with E-state index in [2.05, 4.69) is 96.9 Å². The van der Waals surface area contributed by atoms with Crippen LogP contribution < -0.4 is 10.2 Å². The molecule has 8 saturated carbocycles. The summed E-state index contributed by atoms with van der Waals surface area (Å²) in [6.07, 6.45) is 20.1. The molecule has 1 aromatic rings. The van der Waals surface area contributed by atoms with Crippen molar-refractivity contribution < 1.29 is 8.85 Å². The molecule has 8 aliphatic carbocycles. The van der Waals surface area contributed by atoms with Crippen LogP contribution in [0.15, 0.2) is 24.3 Å². The smallest absolute Gasteiger partial charge is 0.192 e. The standard InChI is InChI=1S/C43H72NO2PSi2/c1-40(2,3)48(7,8)45-36-21-37(46-49(9,10)41(4,5)6)29-44(28-36)38-13-11-12-14-39(38)47(42-22-30-15-31(23-42)17-32(16-30)24-42)43-25-33-18-34(26-43)20-35(19-33)27-43/h11-14,30-37H,15-29H2,1-10H3/t30?,31?,32?,33?,34?,35?,36-,37-,42?,43?,47?/m1/s1. The van der Waals surface area contributed by atoms with E-state index in [-0.39, 0.29) is 30.2 Å². The van der Waals surface area contributed by atoms with Gasteiger partial charge in [-0.15, -0.1) is 0 Å². The van der Waals surface area contributed by atoms with Crippen molar-refractivity contribution in [3.05, 3.63) is 24.3 Å². The second kappa shape index (κ2) is 12.2. The molecular formula is C43H72NO2PSi2. The van der Waals surface area contributed by atoms with Crippen molar-refractivity contribution in [2.75, 3.05) is 18.0 Å². The lowest BCUT2D eigenvalue weighted by atomic mass is 9.55. The van der Waals surface area contributed by atoms with Gasteiger partial charge in [-0.05, 0) is 165 Å². The molecule has 0 unspecified atom stereocenters. The quantitative estimate of drug-likeness (QED) is 0.197. The van der Waals surface area contributed by atoms with E-state index in [9.17, 15) is 0 Å². The molecule has 1 heterocycles. The molecule has 1 aromatic carbocycles. The van der Waals surface area contributed by atoms with Crippen molar-refractivity contribution in [1.29, 1.82) is 0 Å². The Morgan fingerprint density at radius 2 is 0.918 bits per heavy atom. The topological polar surface area (TPSA) is 21.7 Å². The maximum atomic E-state index is 7.36. The second-order valence-electron chi connectivity index (χ2n) is 22.2. The highest BCUT2D eigenvalue weighted by Crippen LogP contribution is 2.78. The first-order chi connectivity index (χ1) is 22.8. The third-order valence-corrected chi connectivity index (χ3v) is 29.3. The summed E-state index contributed by atoms with van der Waals surface area (Å²) >= 11 is 0. The molecule has 9 fully saturated rings. The molecule has 6 heteroatoms. The van der Waals surface area contributed by atoms with E-state index in [1.165, 1.54) is 0 Å². The van der Waals surface area contributed by atoms with E-state index in [0.717, 1.165) is 55.0 Å². The Balaban J connectivity index is 1.20. The first-order valence-electron chi connectivity index (χ1n) is 20.8. The van der Waals surface area contributed by atoms with Gasteiger partial charge in [0.1, 0.15) is 0 Å². The maximum Gasteiger partial charge on any atom is 0.192 e. The summed E-state index contributed by atoms with van der Waals surface area (Å²) in [7, 11) is -4.16. The van der Waals surface area contributed by atoms with Gasteiger partial charge in [-0.25, -0.2) is 0 Å². The minimum atomic E-state index is -1.95. The van der Waals surface area contributed by atoms with E-state index >= 15 is 0 Å². The average molecular weight is 722 g/mol. The van der Waals surface area contributed by atoms with Crippen LogP contribution in [0.2, 0.25) is 36.3 Å². The van der Waals surface area contributed by atoms with Gasteiger partial charge >= 0.3 is 0 Å². The van der Waals surface area contributed by atoms with Gasteiger partial charge in [-0.3, -0.25) is 0 Å². The third-order valence-electron chi connectivity index (χ3n) is 16.3. The van der Waals surface area contributed by atoms with Gasteiger partial charge in [0.15, 0.2) is 16.6 Å². The zero-order valence-electron chi connectivity index (χ0n) is 33.2. The molecule has 9 aliphatic rings. The minimum Gasteiger partial charge on any atom is -0.412 e. The summed E-state index contributed by atoms with van der Waals surface area (Å²) in [5, 5.41) is 3.38. The van der Waals surface area contributed by atoms with Gasteiger partial charge in [0, 0.05) is 30.5 Å². The summed E-state index contributed by atoms with van der Waals surface area (Å²) in [5.74, 6) is 6.07. The normalized spacial score (nSPS) is 41.1. The van der Waals surface area contributed by atoms with Gasteiger partial charge in [0.2, 0.25) is 0 Å². The highest BCUT2D eigenvalue weighted by molar-refractivity contribution is 7.69. The number of nitrogens with zero attached hydrogens (tertiary/aromatic N) is 1. The average Bonchev–Trinajstić information content (AvgIpc) is 2.94. The lowest BCUT2D eigenvalue weighted by molar-refractivity contribution is 0.0195. The van der Waals surface area contributed by atoms with Crippen molar-refractivity contribution in [2.45, 2.75) is 184 Å². The second-order valence-corrected chi connectivity index (χ2v) is 34.8. The molecule has 0 N–H and O–H groups in total. The van der Waals surface area contributed by atoms with Gasteiger partial charge < -0.3 is 13.8 Å². The lowest BCUT2D eigenvalue weighted by Gasteiger charge is -2.67. The monoisotopic (exact) mass is 721 g/mol. The zero-order valence-corrected chi connectivity index (χ0v) is 36.1. The number of hydrogen-bond acceptors (Lipinski definition) is 3. The fourth-order valence-electron chi connectivity index (χ4n) is 13.2. The first-order valence-corrected chi connectivity index (χ1v) is 28.0. The van der Waals surface area contributed by atoms with Crippen LogP contribution >= 0.6 is 7.92 Å². The Morgan fingerprint density at radius 3 is 1.27 bits per heavy atom.